The van der Waals surface area contributed by atoms with Gasteiger partial charge in [0.05, 0.1) is 11.3 Å². The number of nitrogens with zero attached hydrogens (tertiary/aromatic N) is 5. The number of H-pyrrole nitrogens is 1. The van der Waals surface area contributed by atoms with Crippen LogP contribution in [0.3, 0.4) is 0 Å². The number of hydrogen-bond donors (Lipinski definition) is 1. The maximum atomic E-state index is 4.61. The number of rotatable bonds is 3. The van der Waals surface area contributed by atoms with Gasteiger partial charge in [0.1, 0.15) is 5.82 Å². The van der Waals surface area contributed by atoms with Crippen LogP contribution in [0.1, 0.15) is 36.8 Å². The smallest absolute Gasteiger partial charge is 0.186 e. The standard InChI is InChI=1S/C15H20N6/c1-8(2)6-12-17-14(19-18-12)13-11(5)20-21-10(4)7-9(3)16-15(13)21/h7-8H,6H2,1-5H3,(H,17,18,19). The molecule has 0 aliphatic heterocycles. The van der Waals surface area contributed by atoms with E-state index in [9.17, 15) is 0 Å². The minimum absolute atomic E-state index is 0.540. The van der Waals surface area contributed by atoms with Gasteiger partial charge in [0.2, 0.25) is 0 Å². The van der Waals surface area contributed by atoms with Crippen LogP contribution < -0.4 is 0 Å². The molecule has 3 aromatic heterocycles. The minimum Gasteiger partial charge on any atom is -0.263 e. The van der Waals surface area contributed by atoms with Gasteiger partial charge < -0.3 is 0 Å². The lowest BCUT2D eigenvalue weighted by Gasteiger charge is -2.01. The van der Waals surface area contributed by atoms with Crippen LogP contribution in [0.5, 0.6) is 0 Å². The first kappa shape index (κ1) is 13.7. The molecule has 0 aliphatic rings. The summed E-state index contributed by atoms with van der Waals surface area (Å²) in [6, 6.07) is 2.02. The third-order valence-electron chi connectivity index (χ3n) is 3.43. The highest BCUT2D eigenvalue weighted by Gasteiger charge is 2.18. The first-order valence-corrected chi connectivity index (χ1v) is 7.21. The van der Waals surface area contributed by atoms with E-state index in [0.29, 0.717) is 11.7 Å². The summed E-state index contributed by atoms with van der Waals surface area (Å²) in [5.41, 5.74) is 4.66. The van der Waals surface area contributed by atoms with E-state index in [1.165, 1.54) is 0 Å². The molecule has 21 heavy (non-hydrogen) atoms. The Morgan fingerprint density at radius 2 is 1.95 bits per heavy atom. The Bertz CT molecular complexity index is 796. The molecular formula is C15H20N6. The number of aryl methyl sites for hydroxylation is 3. The SMILES string of the molecule is Cc1cc(C)n2nc(C)c(-c3n[nH]c(CC(C)C)n3)c2n1. The van der Waals surface area contributed by atoms with Crippen LogP contribution in [0, 0.1) is 26.7 Å². The second kappa shape index (κ2) is 4.95. The van der Waals surface area contributed by atoms with Crippen molar-refractivity contribution in [1.82, 2.24) is 29.8 Å². The Morgan fingerprint density at radius 1 is 1.19 bits per heavy atom. The molecule has 0 saturated heterocycles. The topological polar surface area (TPSA) is 71.8 Å². The molecule has 110 valence electrons. The van der Waals surface area contributed by atoms with Crippen LogP contribution in [-0.2, 0) is 6.42 Å². The number of nitrogens with one attached hydrogen (secondary N) is 1. The monoisotopic (exact) mass is 284 g/mol. The van der Waals surface area contributed by atoms with Crippen molar-refractivity contribution in [3.63, 3.8) is 0 Å². The van der Waals surface area contributed by atoms with Crippen molar-refractivity contribution in [2.24, 2.45) is 5.92 Å². The number of hydrogen-bond acceptors (Lipinski definition) is 4. The zero-order valence-corrected chi connectivity index (χ0v) is 13.1. The van der Waals surface area contributed by atoms with Gasteiger partial charge in [-0.1, -0.05) is 13.8 Å². The van der Waals surface area contributed by atoms with E-state index in [1.807, 2.05) is 31.4 Å². The van der Waals surface area contributed by atoms with E-state index in [-0.39, 0.29) is 0 Å². The van der Waals surface area contributed by atoms with Gasteiger partial charge in [-0.3, -0.25) is 5.10 Å². The predicted molar refractivity (Wildman–Crippen MR) is 81.1 cm³/mol. The van der Waals surface area contributed by atoms with Crippen LogP contribution >= 0.6 is 0 Å². The maximum Gasteiger partial charge on any atom is 0.186 e. The summed E-state index contributed by atoms with van der Waals surface area (Å²) in [7, 11) is 0. The molecule has 6 nitrogen and oxygen atoms in total. The van der Waals surface area contributed by atoms with Gasteiger partial charge in [-0.25, -0.2) is 14.5 Å². The van der Waals surface area contributed by atoms with Crippen LogP contribution in [0.15, 0.2) is 6.07 Å². The summed E-state index contributed by atoms with van der Waals surface area (Å²) in [4.78, 5) is 9.21. The van der Waals surface area contributed by atoms with Gasteiger partial charge in [-0.2, -0.15) is 10.2 Å². The summed E-state index contributed by atoms with van der Waals surface area (Å²) >= 11 is 0. The third-order valence-corrected chi connectivity index (χ3v) is 3.43. The van der Waals surface area contributed by atoms with Gasteiger partial charge in [0.15, 0.2) is 11.5 Å². The highest BCUT2D eigenvalue weighted by molar-refractivity contribution is 5.75. The second-order valence-electron chi connectivity index (χ2n) is 5.94. The minimum atomic E-state index is 0.540. The molecular weight excluding hydrogens is 264 g/mol. The average Bonchev–Trinajstić information content (AvgIpc) is 2.92. The summed E-state index contributed by atoms with van der Waals surface area (Å²) in [5.74, 6) is 2.12. The molecule has 0 spiro atoms. The second-order valence-corrected chi connectivity index (χ2v) is 5.94. The number of aromatic amines is 1. The lowest BCUT2D eigenvalue weighted by molar-refractivity contribution is 0.622. The molecule has 3 rings (SSSR count). The van der Waals surface area contributed by atoms with Crippen molar-refractivity contribution in [3.05, 3.63) is 29.0 Å². The molecule has 0 aromatic carbocycles. The van der Waals surface area contributed by atoms with Gasteiger partial charge in [0, 0.05) is 17.8 Å². The van der Waals surface area contributed by atoms with Gasteiger partial charge in [-0.05, 0) is 32.8 Å². The summed E-state index contributed by atoms with van der Waals surface area (Å²) < 4.78 is 1.86. The lowest BCUT2D eigenvalue weighted by Crippen LogP contribution is -1.97. The molecule has 1 N–H and O–H groups in total. The van der Waals surface area contributed by atoms with Crippen LogP contribution in [-0.4, -0.2) is 29.8 Å². The first-order valence-electron chi connectivity index (χ1n) is 7.21. The molecule has 0 unspecified atom stereocenters. The Balaban J connectivity index is 2.15. The van der Waals surface area contributed by atoms with Crippen LogP contribution in [0.2, 0.25) is 0 Å². The zero-order chi connectivity index (χ0) is 15.1. The van der Waals surface area contributed by atoms with Gasteiger partial charge >= 0.3 is 0 Å². The van der Waals surface area contributed by atoms with E-state index in [1.54, 1.807) is 0 Å². The van der Waals surface area contributed by atoms with Crippen molar-refractivity contribution in [2.45, 2.75) is 41.0 Å². The normalized spacial score (nSPS) is 11.7. The highest BCUT2D eigenvalue weighted by Crippen LogP contribution is 2.25. The van der Waals surface area contributed by atoms with Crippen molar-refractivity contribution >= 4 is 5.65 Å². The summed E-state index contributed by atoms with van der Waals surface area (Å²) in [6.07, 6.45) is 0.886. The van der Waals surface area contributed by atoms with Crippen molar-refractivity contribution in [1.29, 1.82) is 0 Å². The molecule has 0 fully saturated rings. The molecule has 0 saturated carbocycles. The molecule has 3 heterocycles. The predicted octanol–water partition coefficient (Wildman–Crippen LogP) is 2.64. The van der Waals surface area contributed by atoms with Crippen LogP contribution in [0.4, 0.5) is 0 Å². The Morgan fingerprint density at radius 3 is 2.67 bits per heavy atom. The maximum absolute atomic E-state index is 4.61. The molecule has 6 heteroatoms. The summed E-state index contributed by atoms with van der Waals surface area (Å²) in [5, 5.41) is 11.9. The largest absolute Gasteiger partial charge is 0.263 e. The molecule has 0 aliphatic carbocycles. The Kier molecular flexibility index (Phi) is 3.23. The fraction of sp³-hybridized carbons (Fsp3) is 0.467. The third kappa shape index (κ3) is 2.41. The van der Waals surface area contributed by atoms with Crippen LogP contribution in [0.25, 0.3) is 17.0 Å². The van der Waals surface area contributed by atoms with Gasteiger partial charge in [-0.15, -0.1) is 0 Å². The fourth-order valence-electron chi connectivity index (χ4n) is 2.57. The molecule has 0 amide bonds. The van der Waals surface area contributed by atoms with Gasteiger partial charge in [0.25, 0.3) is 0 Å². The lowest BCUT2D eigenvalue weighted by atomic mass is 10.1. The quantitative estimate of drug-likeness (QED) is 0.802. The van der Waals surface area contributed by atoms with E-state index in [2.05, 4.69) is 39.1 Å². The molecule has 0 atom stereocenters. The highest BCUT2D eigenvalue weighted by atomic mass is 15.3. The first-order chi connectivity index (χ1) is 9.95. The number of aromatic nitrogens is 6. The van der Waals surface area contributed by atoms with E-state index in [4.69, 9.17) is 0 Å². The molecule has 0 bridgehead atoms. The zero-order valence-electron chi connectivity index (χ0n) is 13.1. The fourth-order valence-corrected chi connectivity index (χ4v) is 2.57. The average molecular weight is 284 g/mol. The Labute approximate surface area is 123 Å². The molecule has 0 radical (unpaired) electrons. The molecule has 3 aromatic rings. The van der Waals surface area contributed by atoms with Crippen molar-refractivity contribution in [3.8, 4) is 11.4 Å². The van der Waals surface area contributed by atoms with Crippen molar-refractivity contribution in [2.75, 3.05) is 0 Å². The Hall–Kier alpha value is -2.24. The van der Waals surface area contributed by atoms with E-state index in [0.717, 1.165) is 40.5 Å². The number of fused-ring (bicyclic) bond motifs is 1. The van der Waals surface area contributed by atoms with E-state index >= 15 is 0 Å². The summed E-state index contributed by atoms with van der Waals surface area (Å²) in [6.45, 7) is 10.3. The van der Waals surface area contributed by atoms with Crippen molar-refractivity contribution < 1.29 is 0 Å². The van der Waals surface area contributed by atoms with E-state index < -0.39 is 0 Å².